The van der Waals surface area contributed by atoms with E-state index in [-0.39, 0.29) is 51.9 Å². The second-order valence-corrected chi connectivity index (χ2v) is 17.6. The minimum Gasteiger partial charge on any atom is -0.748 e. The SMILES string of the molecule is CC1(C)C(=CC=CC=CC2=[N+](CCCCS(=O)(=O)[O-])c3ccc4ccccc4c3C2(C)C)N(CCCCS(=O)(=O)[O-])c2ccc3ccccc3c21.[Na+]. The van der Waals surface area contributed by atoms with E-state index in [0.29, 0.717) is 38.8 Å². The molecule has 4 aromatic rings. The summed E-state index contributed by atoms with van der Waals surface area (Å²) in [6.45, 7) is 10.0. The molecule has 0 unspecified atom stereocenters. The van der Waals surface area contributed by atoms with Crippen LogP contribution in [-0.2, 0) is 31.1 Å². The molecule has 0 aliphatic carbocycles. The van der Waals surface area contributed by atoms with E-state index < -0.39 is 20.2 Å². The molecule has 8 nitrogen and oxygen atoms in total. The van der Waals surface area contributed by atoms with Crippen molar-refractivity contribution in [2.45, 2.75) is 64.2 Å². The number of fused-ring (bicyclic) bond motifs is 6. The number of allylic oxidation sites excluding steroid dienone is 6. The first kappa shape index (κ1) is 40.1. The summed E-state index contributed by atoms with van der Waals surface area (Å²) in [4.78, 5) is 2.26. The standard InChI is InChI=1S/C41H46N2O6S2.Na/c1-40(2)36(42(26-12-14-28-50(44,45)46)34-24-22-30-16-8-10-18-32(30)38(34)40)20-6-5-7-21-37-41(3,4)39-33-19-11-9-17-31(33)23-25-35(39)43(37)27-13-15-29-51(47,48)49;/h5-11,16-25H,12-15,26-29H2,1-4H3,(H-,44,45,46,47,48,49);/q;+1/p-1. The van der Waals surface area contributed by atoms with Gasteiger partial charge in [-0.25, -0.2) is 16.8 Å². The van der Waals surface area contributed by atoms with Gasteiger partial charge in [0.25, 0.3) is 0 Å². The van der Waals surface area contributed by atoms with Gasteiger partial charge < -0.3 is 14.0 Å². The molecule has 0 fully saturated rings. The smallest absolute Gasteiger partial charge is 0.748 e. The van der Waals surface area contributed by atoms with E-state index in [4.69, 9.17) is 0 Å². The van der Waals surface area contributed by atoms with Crippen LogP contribution < -0.4 is 34.5 Å². The first-order valence-electron chi connectivity index (χ1n) is 17.5. The second-order valence-electron chi connectivity index (χ2n) is 14.5. The van der Waals surface area contributed by atoms with Gasteiger partial charge in [-0.2, -0.15) is 4.58 Å². The summed E-state index contributed by atoms with van der Waals surface area (Å²) in [5.41, 5.74) is 6.13. The van der Waals surface area contributed by atoms with Crippen LogP contribution in [0.1, 0.15) is 64.5 Å². The molecule has 0 atom stereocenters. The third-order valence-corrected chi connectivity index (χ3v) is 11.9. The molecule has 2 aliphatic rings. The Morgan fingerprint density at radius 3 is 1.88 bits per heavy atom. The molecule has 0 saturated carbocycles. The molecule has 6 rings (SSSR count). The van der Waals surface area contributed by atoms with Gasteiger partial charge in [-0.05, 0) is 78.4 Å². The summed E-state index contributed by atoms with van der Waals surface area (Å²) in [5, 5.41) is 4.68. The average Bonchev–Trinajstić information content (AvgIpc) is 3.42. The van der Waals surface area contributed by atoms with E-state index in [1.807, 2.05) is 42.5 Å². The van der Waals surface area contributed by atoms with Gasteiger partial charge in [-0.1, -0.05) is 86.7 Å². The third kappa shape index (κ3) is 8.34. The Bertz CT molecular complexity index is 2340. The maximum Gasteiger partial charge on any atom is 1.00 e. The largest absolute Gasteiger partial charge is 1.00 e. The van der Waals surface area contributed by atoms with Gasteiger partial charge in [0.2, 0.25) is 5.69 Å². The maximum absolute atomic E-state index is 11.3. The summed E-state index contributed by atoms with van der Waals surface area (Å²) >= 11 is 0. The average molecular weight is 749 g/mol. The molecular formula is C41H45N2NaO6S2. The van der Waals surface area contributed by atoms with Crippen LogP contribution in [0.5, 0.6) is 0 Å². The fraction of sp³-hybridized carbons (Fsp3) is 0.341. The number of benzene rings is 4. The Hall–Kier alpha value is -3.09. The van der Waals surface area contributed by atoms with E-state index in [0.717, 1.165) is 33.6 Å². The van der Waals surface area contributed by atoms with Crippen LogP contribution in [0.4, 0.5) is 11.4 Å². The van der Waals surface area contributed by atoms with Gasteiger partial charge in [0.05, 0.1) is 25.7 Å². The Balaban J connectivity index is 0.00000523. The molecule has 4 aromatic carbocycles. The zero-order valence-electron chi connectivity index (χ0n) is 30.6. The number of rotatable bonds is 13. The first-order valence-corrected chi connectivity index (χ1v) is 20.6. The van der Waals surface area contributed by atoms with Gasteiger partial charge in [0, 0.05) is 59.0 Å². The molecule has 0 N–H and O–H groups in total. The van der Waals surface area contributed by atoms with E-state index in [2.05, 4.69) is 97.9 Å². The van der Waals surface area contributed by atoms with Crippen LogP contribution in [0.2, 0.25) is 0 Å². The Morgan fingerprint density at radius 2 is 1.25 bits per heavy atom. The Morgan fingerprint density at radius 1 is 0.673 bits per heavy atom. The minimum absolute atomic E-state index is 0. The number of hydrogen-bond acceptors (Lipinski definition) is 7. The fourth-order valence-electron chi connectivity index (χ4n) is 8.01. The van der Waals surface area contributed by atoms with Crippen LogP contribution in [0.3, 0.4) is 0 Å². The predicted octanol–water partition coefficient (Wildman–Crippen LogP) is 4.82. The Kier molecular flexibility index (Phi) is 12.1. The van der Waals surface area contributed by atoms with Crippen LogP contribution in [0.15, 0.2) is 109 Å². The molecule has 0 saturated heterocycles. The van der Waals surface area contributed by atoms with Crippen LogP contribution in [0.25, 0.3) is 21.5 Å². The summed E-state index contributed by atoms with van der Waals surface area (Å²) in [6.07, 6.45) is 12.0. The molecule has 0 aromatic heterocycles. The van der Waals surface area contributed by atoms with Gasteiger partial charge >= 0.3 is 29.6 Å². The van der Waals surface area contributed by atoms with Crippen molar-refractivity contribution in [3.05, 3.63) is 120 Å². The van der Waals surface area contributed by atoms with Crippen molar-refractivity contribution in [2.24, 2.45) is 0 Å². The predicted molar refractivity (Wildman–Crippen MR) is 205 cm³/mol. The summed E-state index contributed by atoms with van der Waals surface area (Å²) in [7, 11) is -8.54. The molecule has 0 amide bonds. The van der Waals surface area contributed by atoms with Crippen LogP contribution in [-0.4, -0.2) is 60.8 Å². The van der Waals surface area contributed by atoms with Crippen molar-refractivity contribution >= 4 is 58.9 Å². The number of hydrogen-bond donors (Lipinski definition) is 0. The number of nitrogens with zero attached hydrogens (tertiary/aromatic N) is 2. The Labute approximate surface area is 330 Å². The first-order chi connectivity index (χ1) is 24.1. The second kappa shape index (κ2) is 15.7. The summed E-state index contributed by atoms with van der Waals surface area (Å²) in [6, 6.07) is 25.2. The van der Waals surface area contributed by atoms with Gasteiger partial charge in [-0.15, -0.1) is 0 Å². The normalized spacial score (nSPS) is 17.5. The topological polar surface area (TPSA) is 121 Å². The van der Waals surface area contributed by atoms with E-state index >= 15 is 0 Å². The third-order valence-electron chi connectivity index (χ3n) is 10.3. The fourth-order valence-corrected chi connectivity index (χ4v) is 9.12. The molecule has 0 bridgehead atoms. The summed E-state index contributed by atoms with van der Waals surface area (Å²) in [5.74, 6) is -0.746. The van der Waals surface area contributed by atoms with Crippen LogP contribution in [0, 0.1) is 0 Å². The molecular weight excluding hydrogens is 704 g/mol. The zero-order valence-corrected chi connectivity index (χ0v) is 34.3. The van der Waals surface area contributed by atoms with Crippen molar-refractivity contribution in [2.75, 3.05) is 29.5 Å². The molecule has 268 valence electrons. The quantitative estimate of drug-likeness (QED) is 0.0633. The molecule has 0 radical (unpaired) electrons. The molecule has 2 heterocycles. The molecule has 52 heavy (non-hydrogen) atoms. The number of unbranched alkanes of at least 4 members (excludes halogenated alkanes) is 2. The maximum atomic E-state index is 11.3. The molecule has 0 spiro atoms. The number of anilines is 1. The van der Waals surface area contributed by atoms with E-state index in [1.54, 1.807) is 0 Å². The van der Waals surface area contributed by atoms with Crippen molar-refractivity contribution in [1.82, 2.24) is 0 Å². The van der Waals surface area contributed by atoms with Crippen molar-refractivity contribution in [3.8, 4) is 0 Å². The van der Waals surface area contributed by atoms with Gasteiger partial charge in [0.15, 0.2) is 5.71 Å². The molecule has 2 aliphatic heterocycles. The monoisotopic (exact) mass is 748 g/mol. The van der Waals surface area contributed by atoms with Crippen LogP contribution >= 0.6 is 0 Å². The van der Waals surface area contributed by atoms with Crippen molar-refractivity contribution < 1.29 is 60.1 Å². The van der Waals surface area contributed by atoms with Crippen molar-refractivity contribution in [3.63, 3.8) is 0 Å². The summed E-state index contributed by atoms with van der Waals surface area (Å²) < 4.78 is 70.0. The van der Waals surface area contributed by atoms with Crippen molar-refractivity contribution in [1.29, 1.82) is 0 Å². The zero-order chi connectivity index (χ0) is 36.6. The van der Waals surface area contributed by atoms with Gasteiger partial charge in [-0.3, -0.25) is 0 Å². The van der Waals surface area contributed by atoms with Gasteiger partial charge in [0.1, 0.15) is 6.54 Å². The van der Waals surface area contributed by atoms with E-state index in [9.17, 15) is 25.9 Å². The minimum atomic E-state index is -4.27. The molecule has 11 heteroatoms. The van der Waals surface area contributed by atoms with E-state index in [1.165, 1.54) is 21.9 Å².